The highest BCUT2D eigenvalue weighted by Crippen LogP contribution is 2.17. The van der Waals surface area contributed by atoms with Crippen LogP contribution in [-0.2, 0) is 0 Å². The molecule has 0 radical (unpaired) electrons. The second-order valence-corrected chi connectivity index (χ2v) is 1.82. The summed E-state index contributed by atoms with van der Waals surface area (Å²) in [5.41, 5.74) is 5.07. The maximum absolute atomic E-state index is 11.8. The van der Waals surface area contributed by atoms with Gasteiger partial charge in [-0.2, -0.15) is 0 Å². The molecule has 2 nitrogen and oxygen atoms in total. The number of pyridine rings is 1. The van der Waals surface area contributed by atoms with Crippen LogP contribution in [-0.4, -0.2) is 4.98 Å². The molecule has 0 fully saturated rings. The van der Waals surface area contributed by atoms with Crippen LogP contribution in [0.2, 0.25) is 0 Å². The molecule has 0 spiro atoms. The average Bonchev–Trinajstić information content (AvgIpc) is 1.88. The average molecular weight is 144 g/mol. The summed E-state index contributed by atoms with van der Waals surface area (Å²) in [6.45, 7) is 0. The first-order valence-corrected chi connectivity index (χ1v) is 2.69. The summed E-state index contributed by atoms with van der Waals surface area (Å²) in [5.74, 6) is 0.254. The Morgan fingerprint density at radius 1 is 1.40 bits per heavy atom. The van der Waals surface area contributed by atoms with E-state index >= 15 is 0 Å². The van der Waals surface area contributed by atoms with Crippen molar-refractivity contribution in [1.29, 1.82) is 0 Å². The second kappa shape index (κ2) is 2.60. The maximum atomic E-state index is 11.8. The first-order valence-electron chi connectivity index (χ1n) is 2.69. The lowest BCUT2D eigenvalue weighted by atomic mass is 10.3. The molecular formula is C6H6F2N2. The molecular weight excluding hydrogens is 138 g/mol. The molecule has 1 aromatic rings. The third kappa shape index (κ3) is 1.40. The molecule has 0 atom stereocenters. The van der Waals surface area contributed by atoms with E-state index in [1.54, 1.807) is 0 Å². The van der Waals surface area contributed by atoms with Crippen LogP contribution in [0.3, 0.4) is 0 Å². The molecule has 10 heavy (non-hydrogen) atoms. The zero-order valence-electron chi connectivity index (χ0n) is 5.09. The minimum Gasteiger partial charge on any atom is -0.384 e. The lowest BCUT2D eigenvalue weighted by molar-refractivity contribution is 0.151. The van der Waals surface area contributed by atoms with Gasteiger partial charge in [0.15, 0.2) is 0 Å². The molecule has 0 saturated carbocycles. The maximum Gasteiger partial charge on any atom is 0.265 e. The first kappa shape index (κ1) is 6.92. The highest BCUT2D eigenvalue weighted by molar-refractivity contribution is 5.29. The molecule has 0 bridgehead atoms. The van der Waals surface area contributed by atoms with Gasteiger partial charge in [-0.1, -0.05) is 0 Å². The SMILES string of the molecule is Nc1ccc(C(F)F)cn1. The van der Waals surface area contributed by atoms with E-state index in [-0.39, 0.29) is 11.4 Å². The largest absolute Gasteiger partial charge is 0.384 e. The molecule has 0 amide bonds. The predicted molar refractivity (Wildman–Crippen MR) is 33.6 cm³/mol. The number of rotatable bonds is 1. The minimum absolute atomic E-state index is 0.103. The van der Waals surface area contributed by atoms with Crippen LogP contribution in [0.4, 0.5) is 14.6 Å². The number of anilines is 1. The van der Waals surface area contributed by atoms with E-state index in [2.05, 4.69) is 4.98 Å². The lowest BCUT2D eigenvalue weighted by Gasteiger charge is -1.96. The van der Waals surface area contributed by atoms with Gasteiger partial charge in [-0.05, 0) is 12.1 Å². The number of alkyl halides is 2. The van der Waals surface area contributed by atoms with Crippen molar-refractivity contribution in [2.45, 2.75) is 6.43 Å². The fourth-order valence-electron chi connectivity index (χ4n) is 0.546. The quantitative estimate of drug-likeness (QED) is 0.650. The van der Waals surface area contributed by atoms with E-state index in [4.69, 9.17) is 5.73 Å². The molecule has 0 unspecified atom stereocenters. The molecule has 0 saturated heterocycles. The van der Waals surface area contributed by atoms with E-state index in [1.165, 1.54) is 12.1 Å². The Bertz CT molecular complexity index is 207. The third-order valence-corrected chi connectivity index (χ3v) is 1.06. The molecule has 4 heteroatoms. The Morgan fingerprint density at radius 3 is 2.50 bits per heavy atom. The molecule has 0 aliphatic rings. The highest BCUT2D eigenvalue weighted by Gasteiger charge is 2.05. The van der Waals surface area contributed by atoms with E-state index in [9.17, 15) is 8.78 Å². The van der Waals surface area contributed by atoms with Gasteiger partial charge >= 0.3 is 0 Å². The fourth-order valence-corrected chi connectivity index (χ4v) is 0.546. The van der Waals surface area contributed by atoms with Crippen molar-refractivity contribution in [1.82, 2.24) is 4.98 Å². The number of hydrogen-bond donors (Lipinski definition) is 1. The van der Waals surface area contributed by atoms with Crippen LogP contribution in [0.15, 0.2) is 18.3 Å². The Kier molecular flexibility index (Phi) is 1.80. The van der Waals surface area contributed by atoms with Gasteiger partial charge in [0.25, 0.3) is 6.43 Å². The smallest absolute Gasteiger partial charge is 0.265 e. The van der Waals surface area contributed by atoms with Crippen molar-refractivity contribution in [3.8, 4) is 0 Å². The van der Waals surface area contributed by atoms with E-state index in [1.807, 2.05) is 0 Å². The van der Waals surface area contributed by atoms with Crippen LogP contribution >= 0.6 is 0 Å². The van der Waals surface area contributed by atoms with Gasteiger partial charge in [-0.15, -0.1) is 0 Å². The summed E-state index contributed by atoms with van der Waals surface area (Å²) in [7, 11) is 0. The van der Waals surface area contributed by atoms with Crippen molar-refractivity contribution < 1.29 is 8.78 Å². The zero-order valence-corrected chi connectivity index (χ0v) is 5.09. The van der Waals surface area contributed by atoms with Crippen LogP contribution in [0.5, 0.6) is 0 Å². The Hall–Kier alpha value is -1.19. The molecule has 2 N–H and O–H groups in total. The zero-order chi connectivity index (χ0) is 7.56. The summed E-state index contributed by atoms with van der Waals surface area (Å²) < 4.78 is 23.6. The van der Waals surface area contributed by atoms with E-state index < -0.39 is 6.43 Å². The first-order chi connectivity index (χ1) is 4.70. The Balaban J connectivity index is 2.89. The Labute approximate surface area is 56.7 Å². The minimum atomic E-state index is -2.46. The molecule has 0 aliphatic carbocycles. The number of nitrogens with two attached hydrogens (primary N) is 1. The van der Waals surface area contributed by atoms with Gasteiger partial charge in [-0.3, -0.25) is 0 Å². The molecule has 0 aliphatic heterocycles. The monoisotopic (exact) mass is 144 g/mol. The van der Waals surface area contributed by atoms with Gasteiger partial charge in [0.05, 0.1) is 0 Å². The van der Waals surface area contributed by atoms with E-state index in [0.29, 0.717) is 0 Å². The van der Waals surface area contributed by atoms with Crippen LogP contribution in [0.1, 0.15) is 12.0 Å². The number of hydrogen-bond acceptors (Lipinski definition) is 2. The normalized spacial score (nSPS) is 10.3. The van der Waals surface area contributed by atoms with Gasteiger partial charge in [0, 0.05) is 11.8 Å². The standard InChI is InChI=1S/C6H6F2N2/c7-6(8)4-1-2-5(9)10-3-4/h1-3,6H,(H2,9,10). The molecule has 0 aromatic carbocycles. The van der Waals surface area contributed by atoms with Gasteiger partial charge in [-0.25, -0.2) is 13.8 Å². The summed E-state index contributed by atoms with van der Waals surface area (Å²) in [4.78, 5) is 3.50. The molecule has 1 heterocycles. The summed E-state index contributed by atoms with van der Waals surface area (Å²) in [6.07, 6.45) is -1.40. The fraction of sp³-hybridized carbons (Fsp3) is 0.167. The van der Waals surface area contributed by atoms with Crippen molar-refractivity contribution >= 4 is 5.82 Å². The van der Waals surface area contributed by atoms with Crippen molar-refractivity contribution in [3.05, 3.63) is 23.9 Å². The predicted octanol–water partition coefficient (Wildman–Crippen LogP) is 1.60. The number of nitrogens with zero attached hydrogens (tertiary/aromatic N) is 1. The van der Waals surface area contributed by atoms with Crippen molar-refractivity contribution in [3.63, 3.8) is 0 Å². The summed E-state index contributed by atoms with van der Waals surface area (Å²) >= 11 is 0. The van der Waals surface area contributed by atoms with Gasteiger partial charge in [0.2, 0.25) is 0 Å². The number of aromatic nitrogens is 1. The van der Waals surface area contributed by atoms with E-state index in [0.717, 1.165) is 6.20 Å². The molecule has 54 valence electrons. The van der Waals surface area contributed by atoms with Gasteiger partial charge < -0.3 is 5.73 Å². The van der Waals surface area contributed by atoms with Crippen LogP contribution in [0.25, 0.3) is 0 Å². The summed E-state index contributed by atoms with van der Waals surface area (Å²) in [5, 5.41) is 0. The summed E-state index contributed by atoms with van der Waals surface area (Å²) in [6, 6.07) is 2.61. The van der Waals surface area contributed by atoms with Gasteiger partial charge in [0.1, 0.15) is 5.82 Å². The van der Waals surface area contributed by atoms with Crippen LogP contribution in [0, 0.1) is 0 Å². The lowest BCUT2D eigenvalue weighted by Crippen LogP contribution is -1.91. The van der Waals surface area contributed by atoms with Crippen molar-refractivity contribution in [2.24, 2.45) is 0 Å². The number of nitrogen functional groups attached to an aromatic ring is 1. The Morgan fingerprint density at radius 2 is 2.10 bits per heavy atom. The molecule has 1 rings (SSSR count). The highest BCUT2D eigenvalue weighted by atomic mass is 19.3. The number of halogens is 2. The molecule has 1 aromatic heterocycles. The van der Waals surface area contributed by atoms with Crippen LogP contribution < -0.4 is 5.73 Å². The van der Waals surface area contributed by atoms with Crippen molar-refractivity contribution in [2.75, 3.05) is 5.73 Å². The topological polar surface area (TPSA) is 38.9 Å². The third-order valence-electron chi connectivity index (χ3n) is 1.06. The second-order valence-electron chi connectivity index (χ2n) is 1.82.